The van der Waals surface area contributed by atoms with Crippen LogP contribution >= 0.6 is 27.3 Å². The van der Waals surface area contributed by atoms with Gasteiger partial charge in [0.05, 0.1) is 3.79 Å². The average molecular weight is 289 g/mol. The first-order valence-corrected chi connectivity index (χ1v) is 7.59. The van der Waals surface area contributed by atoms with Gasteiger partial charge < -0.3 is 0 Å². The van der Waals surface area contributed by atoms with Gasteiger partial charge in [0.25, 0.3) is 0 Å². The van der Waals surface area contributed by atoms with E-state index in [1.54, 1.807) is 0 Å². The highest BCUT2D eigenvalue weighted by Gasteiger charge is 2.02. The Morgan fingerprint density at radius 1 is 1.13 bits per heavy atom. The van der Waals surface area contributed by atoms with Gasteiger partial charge in [0.15, 0.2) is 0 Å². The molecule has 1 aromatic heterocycles. The van der Waals surface area contributed by atoms with Crippen LogP contribution in [0.4, 0.5) is 0 Å². The molecule has 0 aromatic carbocycles. The van der Waals surface area contributed by atoms with Crippen LogP contribution in [-0.2, 0) is 6.42 Å². The number of unbranched alkanes of at least 4 members (excludes halogenated alkanes) is 5. The Balaban J connectivity index is 2.10. The van der Waals surface area contributed by atoms with E-state index >= 15 is 0 Å². The zero-order valence-electron chi connectivity index (χ0n) is 9.81. The van der Waals surface area contributed by atoms with E-state index in [4.69, 9.17) is 0 Å². The van der Waals surface area contributed by atoms with Crippen LogP contribution < -0.4 is 0 Å². The van der Waals surface area contributed by atoms with Crippen LogP contribution in [0.3, 0.4) is 0 Å². The first kappa shape index (κ1) is 13.2. The first-order valence-electron chi connectivity index (χ1n) is 5.99. The third-order valence-electron chi connectivity index (χ3n) is 2.68. The van der Waals surface area contributed by atoms with Crippen molar-refractivity contribution in [2.75, 3.05) is 0 Å². The van der Waals surface area contributed by atoms with E-state index < -0.39 is 0 Å². The molecule has 0 saturated heterocycles. The van der Waals surface area contributed by atoms with Crippen LogP contribution in [0.15, 0.2) is 9.85 Å². The molecule has 0 saturated carbocycles. The summed E-state index contributed by atoms with van der Waals surface area (Å²) in [6, 6.07) is 2.32. The van der Waals surface area contributed by atoms with Crippen molar-refractivity contribution in [3.05, 3.63) is 20.3 Å². The maximum atomic E-state index is 3.58. The van der Waals surface area contributed by atoms with E-state index in [1.165, 1.54) is 59.2 Å². The monoisotopic (exact) mass is 288 g/mol. The highest BCUT2D eigenvalue weighted by molar-refractivity contribution is 9.11. The fourth-order valence-corrected chi connectivity index (χ4v) is 3.40. The lowest BCUT2D eigenvalue weighted by Crippen LogP contribution is -1.82. The summed E-state index contributed by atoms with van der Waals surface area (Å²) >= 11 is 5.48. The second kappa shape index (κ2) is 7.45. The highest BCUT2D eigenvalue weighted by atomic mass is 79.9. The van der Waals surface area contributed by atoms with Gasteiger partial charge >= 0.3 is 0 Å². The predicted molar refractivity (Wildman–Crippen MR) is 73.8 cm³/mol. The molecule has 15 heavy (non-hydrogen) atoms. The number of halogens is 1. The number of thiophene rings is 1. The van der Waals surface area contributed by atoms with Crippen LogP contribution in [0.2, 0.25) is 0 Å². The zero-order valence-corrected chi connectivity index (χ0v) is 12.2. The minimum absolute atomic E-state index is 1.27. The summed E-state index contributed by atoms with van der Waals surface area (Å²) < 4.78 is 1.31. The van der Waals surface area contributed by atoms with Crippen LogP contribution in [0, 0.1) is 6.92 Å². The smallest absolute Gasteiger partial charge is 0.0730 e. The lowest BCUT2D eigenvalue weighted by molar-refractivity contribution is 0.609. The summed E-state index contributed by atoms with van der Waals surface area (Å²) in [5, 5.41) is 0. The first-order chi connectivity index (χ1) is 7.24. The van der Waals surface area contributed by atoms with E-state index in [1.807, 2.05) is 11.3 Å². The molecule has 0 N–H and O–H groups in total. The Hall–Kier alpha value is 0.180. The largest absolute Gasteiger partial charge is 0.133 e. The van der Waals surface area contributed by atoms with Crippen molar-refractivity contribution in [2.45, 2.75) is 58.8 Å². The summed E-state index contributed by atoms with van der Waals surface area (Å²) in [5.41, 5.74) is 1.39. The molecule has 2 heteroatoms. The summed E-state index contributed by atoms with van der Waals surface area (Å²) in [5.74, 6) is 0. The molecule has 0 atom stereocenters. The SMILES string of the molecule is CCCCCCCCc1cc(C)c(Br)s1. The van der Waals surface area contributed by atoms with Crippen molar-refractivity contribution in [2.24, 2.45) is 0 Å². The number of rotatable bonds is 7. The van der Waals surface area contributed by atoms with Crippen LogP contribution in [0.25, 0.3) is 0 Å². The van der Waals surface area contributed by atoms with Gasteiger partial charge in [-0.2, -0.15) is 0 Å². The third-order valence-corrected chi connectivity index (χ3v) is 4.88. The van der Waals surface area contributed by atoms with Crippen molar-refractivity contribution >= 4 is 27.3 Å². The normalized spacial score (nSPS) is 10.9. The van der Waals surface area contributed by atoms with E-state index in [9.17, 15) is 0 Å². The van der Waals surface area contributed by atoms with E-state index in [2.05, 4.69) is 35.8 Å². The van der Waals surface area contributed by atoms with Crippen molar-refractivity contribution < 1.29 is 0 Å². The van der Waals surface area contributed by atoms with Gasteiger partial charge in [-0.3, -0.25) is 0 Å². The Labute approximate surface area is 106 Å². The summed E-state index contributed by atoms with van der Waals surface area (Å²) in [6.07, 6.45) is 9.61. The average Bonchev–Trinajstić information content (AvgIpc) is 2.52. The van der Waals surface area contributed by atoms with Crippen molar-refractivity contribution in [1.82, 2.24) is 0 Å². The maximum absolute atomic E-state index is 3.58. The molecule has 0 radical (unpaired) electrons. The second-order valence-corrected chi connectivity index (χ2v) is 6.64. The number of hydrogen-bond donors (Lipinski definition) is 0. The van der Waals surface area contributed by atoms with Crippen LogP contribution in [0.5, 0.6) is 0 Å². The minimum Gasteiger partial charge on any atom is -0.133 e. The lowest BCUT2D eigenvalue weighted by atomic mass is 10.1. The molecule has 0 fully saturated rings. The van der Waals surface area contributed by atoms with Gasteiger partial charge in [-0.05, 0) is 47.3 Å². The number of aryl methyl sites for hydroxylation is 2. The predicted octanol–water partition coefficient (Wildman–Crippen LogP) is 5.72. The molecule has 0 aliphatic rings. The maximum Gasteiger partial charge on any atom is 0.0730 e. The Bertz CT molecular complexity index is 259. The minimum atomic E-state index is 1.27. The molecule has 0 nitrogen and oxygen atoms in total. The molecule has 1 rings (SSSR count). The third kappa shape index (κ3) is 5.17. The van der Waals surface area contributed by atoms with E-state index in [-0.39, 0.29) is 0 Å². The second-order valence-electron chi connectivity index (χ2n) is 4.19. The molecule has 0 spiro atoms. The zero-order chi connectivity index (χ0) is 11.1. The van der Waals surface area contributed by atoms with Crippen LogP contribution in [-0.4, -0.2) is 0 Å². The molecule has 1 heterocycles. The van der Waals surface area contributed by atoms with Crippen molar-refractivity contribution in [1.29, 1.82) is 0 Å². The van der Waals surface area contributed by atoms with Gasteiger partial charge in [0.1, 0.15) is 0 Å². The van der Waals surface area contributed by atoms with E-state index in [0.29, 0.717) is 0 Å². The Kier molecular flexibility index (Phi) is 6.58. The fraction of sp³-hybridized carbons (Fsp3) is 0.692. The highest BCUT2D eigenvalue weighted by Crippen LogP contribution is 2.28. The molecule has 0 bridgehead atoms. The topological polar surface area (TPSA) is 0 Å². The Morgan fingerprint density at radius 2 is 1.80 bits per heavy atom. The van der Waals surface area contributed by atoms with Crippen LogP contribution in [0.1, 0.15) is 55.9 Å². The molecule has 0 aliphatic heterocycles. The van der Waals surface area contributed by atoms with Gasteiger partial charge in [-0.25, -0.2) is 0 Å². The number of hydrogen-bond acceptors (Lipinski definition) is 1. The summed E-state index contributed by atoms with van der Waals surface area (Å²) in [4.78, 5) is 1.54. The van der Waals surface area contributed by atoms with Gasteiger partial charge in [-0.1, -0.05) is 39.0 Å². The molecule has 86 valence electrons. The van der Waals surface area contributed by atoms with Crippen molar-refractivity contribution in [3.63, 3.8) is 0 Å². The molecule has 0 unspecified atom stereocenters. The molecule has 0 amide bonds. The van der Waals surface area contributed by atoms with E-state index in [0.717, 1.165) is 0 Å². The van der Waals surface area contributed by atoms with Gasteiger partial charge in [0, 0.05) is 4.88 Å². The molecule has 1 aromatic rings. The fourth-order valence-electron chi connectivity index (χ4n) is 1.73. The van der Waals surface area contributed by atoms with Gasteiger partial charge in [-0.15, -0.1) is 11.3 Å². The molecular weight excluding hydrogens is 268 g/mol. The lowest BCUT2D eigenvalue weighted by Gasteiger charge is -1.98. The molecular formula is C13H21BrS. The Morgan fingerprint density at radius 3 is 2.40 bits per heavy atom. The van der Waals surface area contributed by atoms with Gasteiger partial charge in [0.2, 0.25) is 0 Å². The van der Waals surface area contributed by atoms with Crippen molar-refractivity contribution in [3.8, 4) is 0 Å². The summed E-state index contributed by atoms with van der Waals surface area (Å²) in [7, 11) is 0. The quantitative estimate of drug-likeness (QED) is 0.563. The summed E-state index contributed by atoms with van der Waals surface area (Å²) in [6.45, 7) is 4.44. The standard InChI is InChI=1S/C13H21BrS/c1-3-4-5-6-7-8-9-12-10-11(2)13(14)15-12/h10H,3-9H2,1-2H3. The molecule has 0 aliphatic carbocycles.